The summed E-state index contributed by atoms with van der Waals surface area (Å²) in [6.07, 6.45) is 4.27. The Morgan fingerprint density at radius 3 is 2.93 bits per heavy atom. The van der Waals surface area contributed by atoms with Crippen molar-refractivity contribution in [3.63, 3.8) is 0 Å². The van der Waals surface area contributed by atoms with Gasteiger partial charge >= 0.3 is 0 Å². The number of aliphatic hydroxyl groups excluding tert-OH is 1. The van der Waals surface area contributed by atoms with Crippen LogP contribution in [0.4, 0.5) is 0 Å². The molecule has 15 heavy (non-hydrogen) atoms. The van der Waals surface area contributed by atoms with Gasteiger partial charge in [0.15, 0.2) is 0 Å². The highest BCUT2D eigenvalue weighted by Crippen LogP contribution is 2.36. The monoisotopic (exact) mass is 225 g/mol. The second kappa shape index (κ2) is 4.64. The standard InChI is InChI=1S/C12H19NOS/c1-2-8(7-13)12(14)11-6-9-4-3-5-10(9)15-11/h6,8,12,14H,2-5,7,13H2,1H3. The van der Waals surface area contributed by atoms with Crippen LogP contribution in [0.15, 0.2) is 6.07 Å². The van der Waals surface area contributed by atoms with Gasteiger partial charge in [0.25, 0.3) is 0 Å². The lowest BCUT2D eigenvalue weighted by Crippen LogP contribution is -2.20. The zero-order valence-corrected chi connectivity index (χ0v) is 10.0. The van der Waals surface area contributed by atoms with E-state index in [-0.39, 0.29) is 12.0 Å². The second-order valence-corrected chi connectivity index (χ2v) is 5.47. The molecule has 0 saturated carbocycles. The van der Waals surface area contributed by atoms with Gasteiger partial charge < -0.3 is 10.8 Å². The van der Waals surface area contributed by atoms with Gasteiger partial charge in [0, 0.05) is 15.7 Å². The van der Waals surface area contributed by atoms with Crippen molar-refractivity contribution in [2.45, 2.75) is 38.7 Å². The molecule has 84 valence electrons. The molecule has 2 atom stereocenters. The summed E-state index contributed by atoms with van der Waals surface area (Å²) in [5, 5.41) is 10.2. The van der Waals surface area contributed by atoms with Crippen molar-refractivity contribution in [2.75, 3.05) is 6.54 Å². The molecule has 1 aliphatic rings. The summed E-state index contributed by atoms with van der Waals surface area (Å²) in [6, 6.07) is 2.19. The van der Waals surface area contributed by atoms with E-state index in [1.54, 1.807) is 11.3 Å². The van der Waals surface area contributed by atoms with E-state index in [9.17, 15) is 5.11 Å². The molecular weight excluding hydrogens is 206 g/mol. The summed E-state index contributed by atoms with van der Waals surface area (Å²) in [6.45, 7) is 2.66. The van der Waals surface area contributed by atoms with Gasteiger partial charge in [0.1, 0.15) is 0 Å². The van der Waals surface area contributed by atoms with E-state index in [2.05, 4.69) is 13.0 Å². The molecule has 1 aliphatic carbocycles. The maximum absolute atomic E-state index is 10.2. The number of aryl methyl sites for hydroxylation is 2. The van der Waals surface area contributed by atoms with E-state index >= 15 is 0 Å². The van der Waals surface area contributed by atoms with Crippen LogP contribution in [-0.2, 0) is 12.8 Å². The van der Waals surface area contributed by atoms with Gasteiger partial charge in [-0.3, -0.25) is 0 Å². The smallest absolute Gasteiger partial charge is 0.0922 e. The van der Waals surface area contributed by atoms with Crippen molar-refractivity contribution in [1.82, 2.24) is 0 Å². The molecule has 2 nitrogen and oxygen atoms in total. The topological polar surface area (TPSA) is 46.2 Å². The van der Waals surface area contributed by atoms with Crippen LogP contribution in [0.5, 0.6) is 0 Å². The fraction of sp³-hybridized carbons (Fsp3) is 0.667. The fourth-order valence-corrected chi connectivity index (χ4v) is 3.59. The highest BCUT2D eigenvalue weighted by molar-refractivity contribution is 7.12. The van der Waals surface area contributed by atoms with Crippen molar-refractivity contribution in [2.24, 2.45) is 11.7 Å². The van der Waals surface area contributed by atoms with Gasteiger partial charge in [-0.1, -0.05) is 6.92 Å². The number of aliphatic hydroxyl groups is 1. The van der Waals surface area contributed by atoms with Crippen molar-refractivity contribution in [1.29, 1.82) is 0 Å². The Hall–Kier alpha value is -0.380. The first-order chi connectivity index (χ1) is 7.26. The molecule has 0 radical (unpaired) electrons. The van der Waals surface area contributed by atoms with E-state index in [1.165, 1.54) is 29.7 Å². The maximum atomic E-state index is 10.2. The molecule has 3 N–H and O–H groups in total. The molecule has 0 amide bonds. The van der Waals surface area contributed by atoms with E-state index in [1.807, 2.05) is 0 Å². The lowest BCUT2D eigenvalue weighted by atomic mass is 9.98. The molecule has 0 bridgehead atoms. The Balaban J connectivity index is 2.15. The van der Waals surface area contributed by atoms with Crippen LogP contribution >= 0.6 is 11.3 Å². The molecule has 2 unspecified atom stereocenters. The summed E-state index contributed by atoms with van der Waals surface area (Å²) in [5.41, 5.74) is 7.12. The highest BCUT2D eigenvalue weighted by Gasteiger charge is 2.23. The van der Waals surface area contributed by atoms with Crippen LogP contribution in [0.2, 0.25) is 0 Å². The SMILES string of the molecule is CCC(CN)C(O)c1cc2c(s1)CCC2. The van der Waals surface area contributed by atoms with Crippen molar-refractivity contribution < 1.29 is 5.11 Å². The average Bonchev–Trinajstić information content (AvgIpc) is 2.78. The van der Waals surface area contributed by atoms with E-state index in [0.29, 0.717) is 6.54 Å². The first-order valence-corrected chi connectivity index (χ1v) is 6.57. The summed E-state index contributed by atoms with van der Waals surface area (Å²) >= 11 is 1.78. The molecule has 0 aromatic carbocycles. The minimum atomic E-state index is -0.351. The fourth-order valence-electron chi connectivity index (χ4n) is 2.25. The van der Waals surface area contributed by atoms with Gasteiger partial charge in [0.05, 0.1) is 6.10 Å². The Kier molecular flexibility index (Phi) is 3.44. The van der Waals surface area contributed by atoms with Crippen molar-refractivity contribution in [3.05, 3.63) is 21.4 Å². The van der Waals surface area contributed by atoms with Gasteiger partial charge in [-0.2, -0.15) is 0 Å². The number of rotatable bonds is 4. The molecule has 1 aromatic rings. The number of thiophene rings is 1. The van der Waals surface area contributed by atoms with Crippen LogP contribution < -0.4 is 5.73 Å². The lowest BCUT2D eigenvalue weighted by molar-refractivity contribution is 0.113. The van der Waals surface area contributed by atoms with Gasteiger partial charge in [-0.15, -0.1) is 11.3 Å². The Bertz CT molecular complexity index is 309. The van der Waals surface area contributed by atoms with Crippen molar-refractivity contribution in [3.8, 4) is 0 Å². The number of hydrogen-bond acceptors (Lipinski definition) is 3. The number of hydrogen-bond donors (Lipinski definition) is 2. The van der Waals surface area contributed by atoms with Crippen LogP contribution in [0, 0.1) is 5.92 Å². The molecule has 0 saturated heterocycles. The predicted molar refractivity (Wildman–Crippen MR) is 64.1 cm³/mol. The molecule has 1 heterocycles. The van der Waals surface area contributed by atoms with E-state index in [0.717, 1.165) is 11.3 Å². The normalized spacial score (nSPS) is 18.9. The molecule has 0 aliphatic heterocycles. The van der Waals surface area contributed by atoms with Crippen LogP contribution in [-0.4, -0.2) is 11.7 Å². The first-order valence-electron chi connectivity index (χ1n) is 5.75. The summed E-state index contributed by atoms with van der Waals surface area (Å²) in [4.78, 5) is 2.60. The minimum Gasteiger partial charge on any atom is -0.387 e. The number of nitrogens with two attached hydrogens (primary N) is 1. The summed E-state index contributed by atoms with van der Waals surface area (Å²) in [5.74, 6) is 0.212. The zero-order chi connectivity index (χ0) is 10.8. The number of fused-ring (bicyclic) bond motifs is 1. The second-order valence-electron chi connectivity index (χ2n) is 4.30. The van der Waals surface area contributed by atoms with E-state index in [4.69, 9.17) is 5.73 Å². The molecule has 0 fully saturated rings. The molecule has 3 heteroatoms. The largest absolute Gasteiger partial charge is 0.387 e. The Labute approximate surface area is 95.1 Å². The third kappa shape index (κ3) is 2.10. The minimum absolute atomic E-state index is 0.212. The highest BCUT2D eigenvalue weighted by atomic mass is 32.1. The Morgan fingerprint density at radius 1 is 1.53 bits per heavy atom. The van der Waals surface area contributed by atoms with Gasteiger partial charge in [0.2, 0.25) is 0 Å². The summed E-state index contributed by atoms with van der Waals surface area (Å²) < 4.78 is 0. The van der Waals surface area contributed by atoms with Crippen LogP contribution in [0.1, 0.15) is 41.2 Å². The average molecular weight is 225 g/mol. The molecular formula is C12H19NOS. The maximum Gasteiger partial charge on any atom is 0.0922 e. The van der Waals surface area contributed by atoms with Crippen molar-refractivity contribution >= 4 is 11.3 Å². The van der Waals surface area contributed by atoms with E-state index < -0.39 is 0 Å². The molecule has 1 aromatic heterocycles. The third-order valence-corrected chi connectivity index (χ3v) is 4.64. The Morgan fingerprint density at radius 2 is 2.33 bits per heavy atom. The quantitative estimate of drug-likeness (QED) is 0.825. The van der Waals surface area contributed by atoms with Gasteiger partial charge in [-0.25, -0.2) is 0 Å². The van der Waals surface area contributed by atoms with Crippen LogP contribution in [0.25, 0.3) is 0 Å². The molecule has 2 rings (SSSR count). The summed E-state index contributed by atoms with van der Waals surface area (Å²) in [7, 11) is 0. The molecule has 0 spiro atoms. The van der Waals surface area contributed by atoms with Crippen LogP contribution in [0.3, 0.4) is 0 Å². The third-order valence-electron chi connectivity index (χ3n) is 3.33. The predicted octanol–water partition coefficient (Wildman–Crippen LogP) is 2.26. The zero-order valence-electron chi connectivity index (χ0n) is 9.20. The van der Waals surface area contributed by atoms with Gasteiger partial charge in [-0.05, 0) is 43.9 Å². The first kappa shape index (κ1) is 11.1. The lowest BCUT2D eigenvalue weighted by Gasteiger charge is -2.18.